The van der Waals surface area contributed by atoms with Crippen molar-refractivity contribution >= 4 is 22.0 Å². The van der Waals surface area contributed by atoms with Crippen LogP contribution in [0.2, 0.25) is 0 Å². The van der Waals surface area contributed by atoms with Crippen molar-refractivity contribution in [2.75, 3.05) is 24.7 Å². The summed E-state index contributed by atoms with van der Waals surface area (Å²) in [4.78, 5) is 0.519. The average molecular weight is 251 g/mol. The summed E-state index contributed by atoms with van der Waals surface area (Å²) in [5, 5.41) is 13.2. The van der Waals surface area contributed by atoms with E-state index in [1.165, 1.54) is 30.6 Å². The summed E-state index contributed by atoms with van der Waals surface area (Å²) >= 11 is 1.37. The van der Waals surface area contributed by atoms with Gasteiger partial charge < -0.3 is 15.8 Å². The lowest BCUT2D eigenvalue weighted by atomic mass is 10.0. The fourth-order valence-corrected chi connectivity index (χ4v) is 2.81. The van der Waals surface area contributed by atoms with Crippen LogP contribution < -0.4 is 15.8 Å². The van der Waals surface area contributed by atoms with E-state index in [2.05, 4.69) is 18.3 Å². The molecule has 0 aromatic carbocycles. The van der Waals surface area contributed by atoms with Crippen molar-refractivity contribution in [2.45, 2.75) is 26.2 Å². The molecule has 4 nitrogen and oxygen atoms in total. The third kappa shape index (κ3) is 2.18. The minimum absolute atomic E-state index is 0.448. The number of nitriles is 1. The molecule has 0 atom stereocenters. The van der Waals surface area contributed by atoms with Gasteiger partial charge in [-0.1, -0.05) is 6.92 Å². The lowest BCUT2D eigenvalue weighted by molar-refractivity contribution is 0.419. The van der Waals surface area contributed by atoms with Crippen LogP contribution in [-0.4, -0.2) is 13.7 Å². The number of nitrogens with zero attached hydrogens (tertiary/aromatic N) is 1. The van der Waals surface area contributed by atoms with E-state index in [1.807, 2.05) is 0 Å². The first-order valence-electron chi connectivity index (χ1n) is 5.76. The first kappa shape index (κ1) is 12.1. The lowest BCUT2D eigenvalue weighted by Gasteiger charge is -2.14. The van der Waals surface area contributed by atoms with Crippen LogP contribution >= 0.6 is 11.3 Å². The van der Waals surface area contributed by atoms with Crippen LogP contribution in [0.4, 0.5) is 10.7 Å². The highest BCUT2D eigenvalue weighted by Crippen LogP contribution is 2.50. The molecule has 1 aromatic heterocycles. The van der Waals surface area contributed by atoms with E-state index in [4.69, 9.17) is 15.7 Å². The first-order chi connectivity index (χ1) is 8.15. The molecule has 1 aliphatic carbocycles. The summed E-state index contributed by atoms with van der Waals surface area (Å²) in [5.41, 5.74) is 6.74. The summed E-state index contributed by atoms with van der Waals surface area (Å²) in [6.45, 7) is 3.15. The van der Waals surface area contributed by atoms with Crippen LogP contribution in [0.3, 0.4) is 0 Å². The molecule has 1 saturated carbocycles. The molecule has 1 aliphatic rings. The quantitative estimate of drug-likeness (QED) is 0.844. The average Bonchev–Trinajstić information content (AvgIpc) is 3.06. The van der Waals surface area contributed by atoms with Gasteiger partial charge >= 0.3 is 0 Å². The molecule has 0 radical (unpaired) electrons. The van der Waals surface area contributed by atoms with Gasteiger partial charge in [-0.15, -0.1) is 11.3 Å². The van der Waals surface area contributed by atoms with Crippen LogP contribution in [0.15, 0.2) is 0 Å². The second-order valence-electron chi connectivity index (χ2n) is 4.53. The summed E-state index contributed by atoms with van der Waals surface area (Å²) in [6.07, 6.45) is 3.75. The van der Waals surface area contributed by atoms with E-state index in [0.29, 0.717) is 21.7 Å². The molecule has 1 fully saturated rings. The Bertz CT molecular complexity index is 457. The van der Waals surface area contributed by atoms with Crippen molar-refractivity contribution in [2.24, 2.45) is 5.41 Å². The fourth-order valence-electron chi connectivity index (χ4n) is 1.93. The van der Waals surface area contributed by atoms with Crippen molar-refractivity contribution in [1.29, 1.82) is 5.26 Å². The zero-order valence-corrected chi connectivity index (χ0v) is 11.0. The third-order valence-corrected chi connectivity index (χ3v) is 4.59. The molecule has 0 aliphatic heterocycles. The normalized spacial score (nSPS) is 16.3. The number of hydrogen-bond donors (Lipinski definition) is 2. The molecule has 3 N–H and O–H groups in total. The van der Waals surface area contributed by atoms with Crippen molar-refractivity contribution in [1.82, 2.24) is 0 Å². The predicted molar refractivity (Wildman–Crippen MR) is 70.4 cm³/mol. The van der Waals surface area contributed by atoms with Crippen molar-refractivity contribution in [3.63, 3.8) is 0 Å². The van der Waals surface area contributed by atoms with Gasteiger partial charge in [-0.05, 0) is 24.7 Å². The number of nitrogen functional groups attached to an aromatic ring is 1. The summed E-state index contributed by atoms with van der Waals surface area (Å²) in [6, 6.07) is 2.09. The Hall–Kier alpha value is -1.41. The molecular formula is C12H17N3OS. The zero-order chi connectivity index (χ0) is 12.5. The Labute approximate surface area is 105 Å². The number of ether oxygens (including phenoxy) is 1. The number of anilines is 2. The molecule has 0 bridgehead atoms. The Morgan fingerprint density at radius 2 is 2.29 bits per heavy atom. The monoisotopic (exact) mass is 251 g/mol. The number of hydrogen-bond acceptors (Lipinski definition) is 5. The molecule has 5 heteroatoms. The number of methoxy groups -OCH3 is 1. The van der Waals surface area contributed by atoms with E-state index in [0.717, 1.165) is 11.5 Å². The third-order valence-electron chi connectivity index (χ3n) is 3.54. The van der Waals surface area contributed by atoms with Crippen LogP contribution in [0.25, 0.3) is 0 Å². The van der Waals surface area contributed by atoms with Crippen LogP contribution in [0.1, 0.15) is 31.1 Å². The SMILES string of the molecule is CCC1(CNc2sc(C#N)c(N)c2OC)CC1. The zero-order valence-electron chi connectivity index (χ0n) is 10.2. The molecule has 17 heavy (non-hydrogen) atoms. The van der Waals surface area contributed by atoms with E-state index in [-0.39, 0.29) is 0 Å². The molecule has 0 unspecified atom stereocenters. The van der Waals surface area contributed by atoms with Gasteiger partial charge in [-0.3, -0.25) is 0 Å². The Morgan fingerprint density at radius 3 is 2.76 bits per heavy atom. The molecule has 0 spiro atoms. The van der Waals surface area contributed by atoms with Gasteiger partial charge in [0, 0.05) is 6.54 Å². The van der Waals surface area contributed by atoms with Gasteiger partial charge in [-0.2, -0.15) is 5.26 Å². The van der Waals surface area contributed by atoms with Crippen LogP contribution in [0, 0.1) is 16.7 Å². The van der Waals surface area contributed by atoms with Crippen molar-refractivity contribution in [3.8, 4) is 11.8 Å². The fraction of sp³-hybridized carbons (Fsp3) is 0.583. The molecular weight excluding hydrogens is 234 g/mol. The van der Waals surface area contributed by atoms with E-state index >= 15 is 0 Å². The maximum Gasteiger partial charge on any atom is 0.177 e. The van der Waals surface area contributed by atoms with Gasteiger partial charge in [0.25, 0.3) is 0 Å². The molecule has 1 aromatic rings. The minimum Gasteiger partial charge on any atom is -0.492 e. The topological polar surface area (TPSA) is 71.1 Å². The maximum absolute atomic E-state index is 8.94. The number of rotatable bonds is 5. The highest BCUT2D eigenvalue weighted by Gasteiger charge is 2.40. The highest BCUT2D eigenvalue weighted by atomic mass is 32.1. The second-order valence-corrected chi connectivity index (χ2v) is 5.55. The lowest BCUT2D eigenvalue weighted by Crippen LogP contribution is -2.14. The summed E-state index contributed by atoms with van der Waals surface area (Å²) in [7, 11) is 1.58. The Balaban J connectivity index is 2.13. The molecule has 0 amide bonds. The van der Waals surface area contributed by atoms with Gasteiger partial charge in [0.1, 0.15) is 21.6 Å². The van der Waals surface area contributed by atoms with Gasteiger partial charge in [0.2, 0.25) is 0 Å². The minimum atomic E-state index is 0.448. The maximum atomic E-state index is 8.94. The number of nitrogens with two attached hydrogens (primary N) is 1. The smallest absolute Gasteiger partial charge is 0.177 e. The van der Waals surface area contributed by atoms with Gasteiger partial charge in [-0.25, -0.2) is 0 Å². The van der Waals surface area contributed by atoms with E-state index in [9.17, 15) is 0 Å². The van der Waals surface area contributed by atoms with E-state index in [1.54, 1.807) is 7.11 Å². The van der Waals surface area contributed by atoms with E-state index < -0.39 is 0 Å². The van der Waals surface area contributed by atoms with Gasteiger partial charge in [0.05, 0.1) is 7.11 Å². The second kappa shape index (κ2) is 4.46. The van der Waals surface area contributed by atoms with Crippen LogP contribution in [0.5, 0.6) is 5.75 Å². The van der Waals surface area contributed by atoms with Crippen molar-refractivity contribution < 1.29 is 4.74 Å². The number of nitrogens with one attached hydrogen (secondary N) is 1. The standard InChI is InChI=1S/C12H17N3OS/c1-3-12(4-5-12)7-15-11-10(16-2)9(14)8(6-13)17-11/h15H,3-5,7,14H2,1-2H3. The molecule has 2 rings (SSSR count). The highest BCUT2D eigenvalue weighted by molar-refractivity contribution is 7.17. The summed E-state index contributed by atoms with van der Waals surface area (Å²) in [5.74, 6) is 0.610. The largest absolute Gasteiger partial charge is 0.492 e. The predicted octanol–water partition coefficient (Wildman–Crippen LogP) is 2.81. The molecule has 1 heterocycles. The Kier molecular flexibility index (Phi) is 3.16. The van der Waals surface area contributed by atoms with Crippen LogP contribution in [-0.2, 0) is 0 Å². The molecule has 92 valence electrons. The Morgan fingerprint density at radius 1 is 1.59 bits per heavy atom. The number of thiophene rings is 1. The van der Waals surface area contributed by atoms with Crippen molar-refractivity contribution in [3.05, 3.63) is 4.88 Å². The summed E-state index contributed by atoms with van der Waals surface area (Å²) < 4.78 is 5.25. The van der Waals surface area contributed by atoms with Gasteiger partial charge in [0.15, 0.2) is 5.75 Å². The molecule has 0 saturated heterocycles. The first-order valence-corrected chi connectivity index (χ1v) is 6.57.